The lowest BCUT2D eigenvalue weighted by molar-refractivity contribution is -0.145. The van der Waals surface area contributed by atoms with E-state index in [9.17, 15) is 9.59 Å². The van der Waals surface area contributed by atoms with Crippen molar-refractivity contribution in [1.29, 1.82) is 0 Å². The van der Waals surface area contributed by atoms with Crippen LogP contribution in [0.2, 0.25) is 0 Å². The van der Waals surface area contributed by atoms with Gasteiger partial charge in [0.1, 0.15) is 0 Å². The van der Waals surface area contributed by atoms with Gasteiger partial charge in [-0.05, 0) is 38.5 Å². The zero-order chi connectivity index (χ0) is 15.8. The van der Waals surface area contributed by atoms with Crippen LogP contribution in [0, 0.1) is 0 Å². The van der Waals surface area contributed by atoms with Crippen molar-refractivity contribution in [2.75, 3.05) is 13.2 Å². The van der Waals surface area contributed by atoms with Gasteiger partial charge in [-0.1, -0.05) is 12.7 Å². The minimum atomic E-state index is -0.502. The number of ether oxygens (including phenoxy) is 3. The van der Waals surface area contributed by atoms with E-state index >= 15 is 0 Å². The van der Waals surface area contributed by atoms with Crippen molar-refractivity contribution in [3.63, 3.8) is 0 Å². The molecule has 5 heteroatoms. The highest BCUT2D eigenvalue weighted by molar-refractivity contribution is 5.83. The predicted molar refractivity (Wildman–Crippen MR) is 79.8 cm³/mol. The van der Waals surface area contributed by atoms with Crippen molar-refractivity contribution in [3.8, 4) is 11.5 Å². The second-order valence-electron chi connectivity index (χ2n) is 4.52. The zero-order valence-electron chi connectivity index (χ0n) is 12.5. The molecule has 5 nitrogen and oxygen atoms in total. The van der Waals surface area contributed by atoms with Crippen LogP contribution >= 0.6 is 0 Å². The molecule has 0 aromatic heterocycles. The Balaban J connectivity index is 3.09. The lowest BCUT2D eigenvalue weighted by Crippen LogP contribution is -2.16. The highest BCUT2D eigenvalue weighted by atomic mass is 16.6. The van der Waals surface area contributed by atoms with Crippen molar-refractivity contribution in [3.05, 3.63) is 29.8 Å². The van der Waals surface area contributed by atoms with Crippen LogP contribution in [0.25, 0.3) is 6.08 Å². The first-order valence-corrected chi connectivity index (χ1v) is 6.72. The number of benzene rings is 1. The summed E-state index contributed by atoms with van der Waals surface area (Å²) in [5.74, 6) is 0.129. The van der Waals surface area contributed by atoms with Gasteiger partial charge in [-0.3, -0.25) is 4.79 Å². The van der Waals surface area contributed by atoms with Crippen LogP contribution in [-0.2, 0) is 9.53 Å². The van der Waals surface area contributed by atoms with Gasteiger partial charge in [-0.25, -0.2) is 4.79 Å². The van der Waals surface area contributed by atoms with Crippen LogP contribution < -0.4 is 9.47 Å². The van der Waals surface area contributed by atoms with Crippen LogP contribution in [0.3, 0.4) is 0 Å². The molecule has 114 valence electrons. The maximum absolute atomic E-state index is 11.4. The maximum Gasteiger partial charge on any atom is 0.344 e. The van der Waals surface area contributed by atoms with Gasteiger partial charge in [0.05, 0.1) is 18.3 Å². The minimum absolute atomic E-state index is 0.102. The molecule has 1 aromatic carbocycles. The fraction of sp³-hybridized carbons (Fsp3) is 0.375. The summed E-state index contributed by atoms with van der Waals surface area (Å²) in [6, 6.07) is 3.33. The van der Waals surface area contributed by atoms with Gasteiger partial charge >= 0.3 is 5.97 Å². The molecule has 0 radical (unpaired) electrons. The third kappa shape index (κ3) is 4.95. The first-order valence-electron chi connectivity index (χ1n) is 6.72. The molecule has 0 saturated heterocycles. The molecular formula is C16H20O5. The highest BCUT2D eigenvalue weighted by Crippen LogP contribution is 2.33. The molecule has 0 bridgehead atoms. The first kappa shape index (κ1) is 16.8. The van der Waals surface area contributed by atoms with Gasteiger partial charge in [-0.2, -0.15) is 0 Å². The molecular weight excluding hydrogens is 272 g/mol. The van der Waals surface area contributed by atoms with E-state index in [2.05, 4.69) is 6.58 Å². The Labute approximate surface area is 124 Å². The van der Waals surface area contributed by atoms with Crippen molar-refractivity contribution in [2.24, 2.45) is 0 Å². The summed E-state index contributed by atoms with van der Waals surface area (Å²) in [4.78, 5) is 22.6. The summed E-state index contributed by atoms with van der Waals surface area (Å²) in [6.45, 7) is 9.08. The third-order valence-corrected chi connectivity index (χ3v) is 2.47. The molecule has 21 heavy (non-hydrogen) atoms. The smallest absolute Gasteiger partial charge is 0.344 e. The Bertz CT molecular complexity index is 520. The van der Waals surface area contributed by atoms with Crippen LogP contribution in [0.5, 0.6) is 11.5 Å². The summed E-state index contributed by atoms with van der Waals surface area (Å²) < 4.78 is 15.8. The van der Waals surface area contributed by atoms with Crippen molar-refractivity contribution >= 4 is 18.3 Å². The molecule has 0 atom stereocenters. The number of esters is 1. The Morgan fingerprint density at radius 1 is 1.38 bits per heavy atom. The molecule has 0 aliphatic rings. The van der Waals surface area contributed by atoms with Crippen molar-refractivity contribution < 1.29 is 23.8 Å². The summed E-state index contributed by atoms with van der Waals surface area (Å²) in [6.07, 6.45) is 2.16. The number of rotatable bonds is 8. The van der Waals surface area contributed by atoms with E-state index in [1.54, 1.807) is 25.1 Å². The maximum atomic E-state index is 11.4. The number of hydrogen-bond acceptors (Lipinski definition) is 5. The van der Waals surface area contributed by atoms with E-state index < -0.39 is 5.97 Å². The summed E-state index contributed by atoms with van der Waals surface area (Å²) in [5, 5.41) is 0. The number of hydrogen-bond donors (Lipinski definition) is 0. The van der Waals surface area contributed by atoms with Crippen LogP contribution in [0.4, 0.5) is 0 Å². The van der Waals surface area contributed by atoms with E-state index in [-0.39, 0.29) is 25.1 Å². The molecule has 1 aromatic rings. The number of carbonyl (C=O) groups is 2. The fourth-order valence-electron chi connectivity index (χ4n) is 1.68. The quantitative estimate of drug-likeness (QED) is 0.544. The molecule has 0 aliphatic carbocycles. The molecule has 0 fully saturated rings. The van der Waals surface area contributed by atoms with E-state index in [0.29, 0.717) is 17.6 Å². The second kappa shape index (κ2) is 8.09. The van der Waals surface area contributed by atoms with Crippen LogP contribution in [0.1, 0.15) is 36.7 Å². The third-order valence-electron chi connectivity index (χ3n) is 2.47. The van der Waals surface area contributed by atoms with Gasteiger partial charge in [0.15, 0.2) is 24.4 Å². The molecule has 1 rings (SSSR count). The minimum Gasteiger partial charge on any atom is -0.487 e. The zero-order valence-corrected chi connectivity index (χ0v) is 12.5. The first-order chi connectivity index (χ1) is 10.0. The molecule has 0 amide bonds. The average Bonchev–Trinajstić information content (AvgIpc) is 2.44. The molecule has 0 heterocycles. The summed E-state index contributed by atoms with van der Waals surface area (Å²) in [7, 11) is 0. The molecule has 0 saturated carbocycles. The molecule has 0 aliphatic heterocycles. The Hall–Kier alpha value is -2.30. The average molecular weight is 292 g/mol. The topological polar surface area (TPSA) is 61.8 Å². The molecule has 0 spiro atoms. The van der Waals surface area contributed by atoms with Gasteiger partial charge in [0.2, 0.25) is 0 Å². The van der Waals surface area contributed by atoms with Gasteiger partial charge < -0.3 is 14.2 Å². The van der Waals surface area contributed by atoms with Crippen molar-refractivity contribution in [1.82, 2.24) is 0 Å². The second-order valence-corrected chi connectivity index (χ2v) is 4.52. The monoisotopic (exact) mass is 292 g/mol. The largest absolute Gasteiger partial charge is 0.487 e. The van der Waals surface area contributed by atoms with Gasteiger partial charge in [0.25, 0.3) is 0 Å². The van der Waals surface area contributed by atoms with E-state index in [0.717, 1.165) is 5.56 Å². The molecule has 0 unspecified atom stereocenters. The van der Waals surface area contributed by atoms with E-state index in [1.807, 2.05) is 13.8 Å². The SMILES string of the molecule is C=Cc1cc(C=O)c(OCC(=O)OCC)c(OC(C)C)c1. The number of aldehydes is 1. The van der Waals surface area contributed by atoms with Gasteiger partial charge in [0, 0.05) is 0 Å². The summed E-state index contributed by atoms with van der Waals surface area (Å²) >= 11 is 0. The normalized spacial score (nSPS) is 10.1. The van der Waals surface area contributed by atoms with Gasteiger partial charge in [-0.15, -0.1) is 0 Å². The Morgan fingerprint density at radius 2 is 2.10 bits per heavy atom. The number of carbonyl (C=O) groups excluding carboxylic acids is 2. The standard InChI is InChI=1S/C16H20O5/c1-5-12-7-13(9-17)16(14(8-12)21-11(3)4)20-10-15(18)19-6-2/h5,7-9,11H,1,6,10H2,2-4H3. The Morgan fingerprint density at radius 3 is 2.62 bits per heavy atom. The predicted octanol–water partition coefficient (Wildman–Crippen LogP) is 2.87. The van der Waals surface area contributed by atoms with Crippen LogP contribution in [-0.4, -0.2) is 31.6 Å². The fourth-order valence-corrected chi connectivity index (χ4v) is 1.68. The highest BCUT2D eigenvalue weighted by Gasteiger charge is 2.16. The van der Waals surface area contributed by atoms with E-state index in [4.69, 9.17) is 14.2 Å². The van der Waals surface area contributed by atoms with E-state index in [1.165, 1.54) is 0 Å². The van der Waals surface area contributed by atoms with Crippen molar-refractivity contribution in [2.45, 2.75) is 26.9 Å². The lowest BCUT2D eigenvalue weighted by atomic mass is 10.1. The lowest BCUT2D eigenvalue weighted by Gasteiger charge is -2.17. The van der Waals surface area contributed by atoms with Crippen LogP contribution in [0.15, 0.2) is 18.7 Å². The molecule has 0 N–H and O–H groups in total. The summed E-state index contributed by atoms with van der Waals surface area (Å²) in [5.41, 5.74) is 1.03. The Kier molecular flexibility index (Phi) is 6.46.